The summed E-state index contributed by atoms with van der Waals surface area (Å²) in [6.45, 7) is 5.32. The van der Waals surface area contributed by atoms with Gasteiger partial charge in [0, 0.05) is 5.56 Å². The molecule has 5 heteroatoms. The number of ether oxygens (including phenoxy) is 1. The quantitative estimate of drug-likeness (QED) is 0.626. The molecule has 0 aliphatic carbocycles. The van der Waals surface area contributed by atoms with Gasteiger partial charge in [0.1, 0.15) is 5.75 Å². The maximum absolute atomic E-state index is 12.9. The summed E-state index contributed by atoms with van der Waals surface area (Å²) < 4.78 is 5.81. The third kappa shape index (κ3) is 3.38. The highest BCUT2D eigenvalue weighted by Gasteiger charge is 2.38. The normalized spacial score (nSPS) is 16.9. The molecule has 0 fully saturated rings. The number of benzene rings is 2. The van der Waals surface area contributed by atoms with E-state index in [1.807, 2.05) is 32.9 Å². The number of carbonyl (C=O) groups is 3. The van der Waals surface area contributed by atoms with Crippen LogP contribution in [0.2, 0.25) is 0 Å². The zero-order valence-electron chi connectivity index (χ0n) is 15.1. The maximum Gasteiger partial charge on any atom is 0.271 e. The van der Waals surface area contributed by atoms with Crippen LogP contribution in [0.25, 0.3) is 0 Å². The van der Waals surface area contributed by atoms with Gasteiger partial charge in [0.25, 0.3) is 11.8 Å². The van der Waals surface area contributed by atoms with Gasteiger partial charge in [0.2, 0.25) is 0 Å². The number of aryl methyl sites for hydroxylation is 1. The van der Waals surface area contributed by atoms with Crippen molar-refractivity contribution in [1.82, 2.24) is 4.90 Å². The van der Waals surface area contributed by atoms with Gasteiger partial charge in [0.15, 0.2) is 11.9 Å². The molecule has 0 spiro atoms. The van der Waals surface area contributed by atoms with Gasteiger partial charge < -0.3 is 4.74 Å². The van der Waals surface area contributed by atoms with E-state index in [9.17, 15) is 14.4 Å². The number of amides is 2. The first-order valence-corrected chi connectivity index (χ1v) is 8.59. The first-order chi connectivity index (χ1) is 12.4. The fourth-order valence-corrected chi connectivity index (χ4v) is 2.88. The number of ketones is 1. The number of para-hydroxylation sites is 1. The Bertz CT molecular complexity index is 855. The second kappa shape index (κ2) is 7.12. The van der Waals surface area contributed by atoms with Crippen molar-refractivity contribution in [3.63, 3.8) is 0 Å². The number of Topliss-reactive ketones (excluding diaryl/α,β-unsaturated/α-hetero) is 1. The molecule has 0 radical (unpaired) electrons. The Morgan fingerprint density at radius 1 is 1.08 bits per heavy atom. The molecule has 3 rings (SSSR count). The van der Waals surface area contributed by atoms with Gasteiger partial charge in [-0.1, -0.05) is 55.8 Å². The van der Waals surface area contributed by atoms with E-state index in [1.54, 1.807) is 36.4 Å². The maximum atomic E-state index is 12.9. The summed E-state index contributed by atoms with van der Waals surface area (Å²) in [6.07, 6.45) is -0.812. The minimum absolute atomic E-state index is 0.140. The van der Waals surface area contributed by atoms with Crippen LogP contribution in [0.3, 0.4) is 0 Å². The number of imide groups is 1. The van der Waals surface area contributed by atoms with Crippen LogP contribution < -0.4 is 4.74 Å². The lowest BCUT2D eigenvalue weighted by Crippen LogP contribution is -2.47. The first-order valence-electron chi connectivity index (χ1n) is 8.59. The number of hydrogen-bond acceptors (Lipinski definition) is 4. The van der Waals surface area contributed by atoms with Crippen molar-refractivity contribution < 1.29 is 19.1 Å². The van der Waals surface area contributed by atoms with Crippen molar-refractivity contribution in [3.8, 4) is 5.75 Å². The van der Waals surface area contributed by atoms with E-state index < -0.39 is 17.9 Å². The van der Waals surface area contributed by atoms with Gasteiger partial charge in [-0.15, -0.1) is 0 Å². The zero-order valence-corrected chi connectivity index (χ0v) is 15.1. The molecule has 0 bridgehead atoms. The lowest BCUT2D eigenvalue weighted by molar-refractivity contribution is -0.136. The van der Waals surface area contributed by atoms with Crippen LogP contribution in [-0.2, 0) is 4.79 Å². The summed E-state index contributed by atoms with van der Waals surface area (Å²) in [7, 11) is 0. The number of hydrogen-bond donors (Lipinski definition) is 0. The fraction of sp³-hybridized carbons (Fsp3) is 0.286. The van der Waals surface area contributed by atoms with Gasteiger partial charge in [-0.25, -0.2) is 0 Å². The zero-order chi connectivity index (χ0) is 18.8. The minimum Gasteiger partial charge on any atom is -0.479 e. The molecule has 1 aliphatic rings. The van der Waals surface area contributed by atoms with Crippen molar-refractivity contribution in [2.45, 2.75) is 26.9 Å². The van der Waals surface area contributed by atoms with Gasteiger partial charge in [0.05, 0.1) is 12.1 Å². The molecule has 0 N–H and O–H groups in total. The van der Waals surface area contributed by atoms with E-state index in [1.165, 1.54) is 0 Å². The molecule has 1 aliphatic heterocycles. The highest BCUT2D eigenvalue weighted by molar-refractivity contribution is 6.12. The van der Waals surface area contributed by atoms with Crippen molar-refractivity contribution in [1.29, 1.82) is 0 Å². The molecule has 2 aromatic carbocycles. The highest BCUT2D eigenvalue weighted by atomic mass is 16.5. The summed E-state index contributed by atoms with van der Waals surface area (Å²) in [5.41, 5.74) is 1.79. The average Bonchev–Trinajstić information content (AvgIpc) is 2.72. The molecule has 2 aromatic rings. The average molecular weight is 351 g/mol. The van der Waals surface area contributed by atoms with Crippen molar-refractivity contribution in [3.05, 3.63) is 65.2 Å². The predicted octanol–water partition coefficient (Wildman–Crippen LogP) is 3.26. The summed E-state index contributed by atoms with van der Waals surface area (Å²) >= 11 is 0. The predicted molar refractivity (Wildman–Crippen MR) is 97.2 cm³/mol. The molecule has 2 amide bonds. The summed E-state index contributed by atoms with van der Waals surface area (Å²) in [5, 5.41) is 0. The molecule has 134 valence electrons. The van der Waals surface area contributed by atoms with E-state index in [0.29, 0.717) is 16.9 Å². The van der Waals surface area contributed by atoms with Crippen molar-refractivity contribution in [2.24, 2.45) is 5.92 Å². The van der Waals surface area contributed by atoms with Crippen LogP contribution in [0.5, 0.6) is 5.75 Å². The lowest BCUT2D eigenvalue weighted by atomic mass is 10.0. The van der Waals surface area contributed by atoms with E-state index >= 15 is 0 Å². The molecule has 5 nitrogen and oxygen atoms in total. The number of nitrogens with zero attached hydrogens (tertiary/aromatic N) is 1. The Kier molecular flexibility index (Phi) is 4.89. The van der Waals surface area contributed by atoms with Crippen LogP contribution in [0.1, 0.15) is 40.1 Å². The standard InChI is InChI=1S/C21H21NO4/c1-13(2)19-21(25)22(12-17(23)15-10-8-14(3)9-11-15)20(24)16-6-4-5-7-18(16)26-19/h4-11,13,19H,12H2,1-3H3/t19-/m0/s1. The molecule has 26 heavy (non-hydrogen) atoms. The molecular weight excluding hydrogens is 330 g/mol. The van der Waals surface area contributed by atoms with Crippen LogP contribution >= 0.6 is 0 Å². The molecule has 0 saturated heterocycles. The van der Waals surface area contributed by atoms with Gasteiger partial charge >= 0.3 is 0 Å². The SMILES string of the molecule is Cc1ccc(C(=O)CN2C(=O)c3ccccc3O[C@@H](C(C)C)C2=O)cc1. The lowest BCUT2D eigenvalue weighted by Gasteiger charge is -2.24. The Hall–Kier alpha value is -2.95. The first kappa shape index (κ1) is 17.9. The Balaban J connectivity index is 1.95. The fourth-order valence-electron chi connectivity index (χ4n) is 2.88. The van der Waals surface area contributed by atoms with Crippen molar-refractivity contribution in [2.75, 3.05) is 6.54 Å². The van der Waals surface area contributed by atoms with Crippen molar-refractivity contribution >= 4 is 17.6 Å². The highest BCUT2D eigenvalue weighted by Crippen LogP contribution is 2.28. The monoisotopic (exact) mass is 351 g/mol. The van der Waals surface area contributed by atoms with Crippen LogP contribution in [0.15, 0.2) is 48.5 Å². The van der Waals surface area contributed by atoms with E-state index in [-0.39, 0.29) is 18.2 Å². The summed E-state index contributed by atoms with van der Waals surface area (Å²) in [5.74, 6) is -1.04. The summed E-state index contributed by atoms with van der Waals surface area (Å²) in [6, 6.07) is 13.8. The smallest absolute Gasteiger partial charge is 0.271 e. The topological polar surface area (TPSA) is 63.7 Å². The largest absolute Gasteiger partial charge is 0.479 e. The van der Waals surface area contributed by atoms with E-state index in [4.69, 9.17) is 4.74 Å². The second-order valence-corrected chi connectivity index (χ2v) is 6.80. The molecule has 0 aromatic heterocycles. The molecular formula is C21H21NO4. The molecule has 1 heterocycles. The second-order valence-electron chi connectivity index (χ2n) is 6.80. The minimum atomic E-state index is -0.812. The molecule has 0 unspecified atom stereocenters. The number of fused-ring (bicyclic) bond motifs is 1. The van der Waals surface area contributed by atoms with Crippen LogP contribution in [0.4, 0.5) is 0 Å². The number of rotatable bonds is 4. The van der Waals surface area contributed by atoms with Crippen LogP contribution in [0, 0.1) is 12.8 Å². The Morgan fingerprint density at radius 3 is 2.38 bits per heavy atom. The summed E-state index contributed by atoms with van der Waals surface area (Å²) in [4.78, 5) is 39.5. The van der Waals surface area contributed by atoms with Gasteiger partial charge in [-0.3, -0.25) is 19.3 Å². The third-order valence-corrected chi connectivity index (χ3v) is 4.41. The van der Waals surface area contributed by atoms with E-state index in [2.05, 4.69) is 0 Å². The third-order valence-electron chi connectivity index (χ3n) is 4.41. The van der Waals surface area contributed by atoms with Gasteiger partial charge in [-0.05, 0) is 25.0 Å². The Morgan fingerprint density at radius 2 is 1.73 bits per heavy atom. The van der Waals surface area contributed by atoms with E-state index in [0.717, 1.165) is 10.5 Å². The molecule has 1 atom stereocenters. The number of carbonyl (C=O) groups excluding carboxylic acids is 3. The van der Waals surface area contributed by atoms with Gasteiger partial charge in [-0.2, -0.15) is 0 Å². The van der Waals surface area contributed by atoms with Crippen LogP contribution in [-0.4, -0.2) is 35.1 Å². The molecule has 0 saturated carbocycles. The Labute approximate surface area is 152 Å².